The molecule has 2 atom stereocenters. The van der Waals surface area contributed by atoms with Crippen LogP contribution in [0.1, 0.15) is 43.9 Å². The van der Waals surface area contributed by atoms with Gasteiger partial charge in [-0.2, -0.15) is 13.2 Å². The summed E-state index contributed by atoms with van der Waals surface area (Å²) in [5.74, 6) is 0.207. The summed E-state index contributed by atoms with van der Waals surface area (Å²) < 4.78 is 57.9. The Labute approximate surface area is 153 Å². The lowest BCUT2D eigenvalue weighted by molar-refractivity contribution is -0.261. The number of fused-ring (bicyclic) bond motifs is 3. The number of aromatic nitrogens is 3. The first-order valence-electron chi connectivity index (χ1n) is 8.80. The van der Waals surface area contributed by atoms with Crippen molar-refractivity contribution >= 4 is 0 Å². The van der Waals surface area contributed by atoms with Crippen LogP contribution in [0.4, 0.5) is 13.2 Å². The molecule has 2 aromatic heterocycles. The molecule has 0 saturated carbocycles. The summed E-state index contributed by atoms with van der Waals surface area (Å²) in [4.78, 5) is 0. The van der Waals surface area contributed by atoms with Crippen molar-refractivity contribution in [2.24, 2.45) is 0 Å². The zero-order valence-electron chi connectivity index (χ0n) is 14.9. The van der Waals surface area contributed by atoms with Gasteiger partial charge in [0.25, 0.3) is 0 Å². The minimum Gasteiger partial charge on any atom is -0.473 e. The normalized spacial score (nSPS) is 22.8. The largest absolute Gasteiger partial charge is 0.473 e. The fraction of sp³-hybridized carbons (Fsp3) is 0.647. The first kappa shape index (κ1) is 18.3. The van der Waals surface area contributed by atoms with Crippen molar-refractivity contribution in [3.05, 3.63) is 17.3 Å². The Morgan fingerprint density at radius 3 is 2.67 bits per heavy atom. The molecule has 10 heteroatoms. The second-order valence-corrected chi connectivity index (χ2v) is 7.22. The van der Waals surface area contributed by atoms with Gasteiger partial charge >= 0.3 is 6.18 Å². The van der Waals surface area contributed by atoms with Gasteiger partial charge in [0.1, 0.15) is 17.5 Å². The van der Waals surface area contributed by atoms with Crippen molar-refractivity contribution in [3.63, 3.8) is 0 Å². The van der Waals surface area contributed by atoms with Crippen molar-refractivity contribution in [1.29, 1.82) is 0 Å². The lowest BCUT2D eigenvalue weighted by Gasteiger charge is -2.27. The fourth-order valence-corrected chi connectivity index (χ4v) is 3.51. The van der Waals surface area contributed by atoms with E-state index in [-0.39, 0.29) is 23.3 Å². The standard InChI is InChI=1S/C17H20F3N3O4/c1-9-8-23-11(7-12(21-23)26-10-3-5-25-6-4-10)14-13(9)15(22-27-14)16(2,24)17(18,19)20/h7,9-10,24H,3-6,8H2,1-2H3/t9-,16+/m1/s1. The summed E-state index contributed by atoms with van der Waals surface area (Å²) in [5, 5.41) is 18.0. The van der Waals surface area contributed by atoms with Gasteiger partial charge in [0.15, 0.2) is 5.76 Å². The van der Waals surface area contributed by atoms with Crippen molar-refractivity contribution in [2.75, 3.05) is 13.2 Å². The first-order chi connectivity index (χ1) is 12.7. The maximum absolute atomic E-state index is 13.3. The van der Waals surface area contributed by atoms with Gasteiger partial charge in [-0.1, -0.05) is 12.1 Å². The average molecular weight is 387 g/mol. The Bertz CT molecular complexity index is 837. The van der Waals surface area contributed by atoms with Crippen LogP contribution in [0.5, 0.6) is 5.88 Å². The number of halogens is 3. The lowest BCUT2D eigenvalue weighted by atomic mass is 9.88. The maximum atomic E-state index is 13.3. The van der Waals surface area contributed by atoms with Crippen molar-refractivity contribution in [3.8, 4) is 17.3 Å². The van der Waals surface area contributed by atoms with Gasteiger partial charge in [0.05, 0.1) is 13.2 Å². The molecule has 2 aromatic rings. The topological polar surface area (TPSA) is 82.5 Å². The number of nitrogens with zero attached hydrogens (tertiary/aromatic N) is 3. The number of rotatable bonds is 3. The van der Waals surface area contributed by atoms with Crippen LogP contribution < -0.4 is 4.74 Å². The molecule has 7 nitrogen and oxygen atoms in total. The molecule has 0 radical (unpaired) electrons. The van der Waals surface area contributed by atoms with Crippen LogP contribution in [0, 0.1) is 0 Å². The van der Waals surface area contributed by atoms with Crippen LogP contribution in [0.25, 0.3) is 11.5 Å². The minimum absolute atomic E-state index is 0.0103. The van der Waals surface area contributed by atoms with Gasteiger partial charge in [0.2, 0.25) is 11.5 Å². The first-order valence-corrected chi connectivity index (χ1v) is 8.80. The molecular formula is C17H20F3N3O4. The molecule has 0 amide bonds. The Hall–Kier alpha value is -2.07. The molecule has 148 valence electrons. The highest BCUT2D eigenvalue weighted by Crippen LogP contribution is 2.46. The summed E-state index contributed by atoms with van der Waals surface area (Å²) in [6, 6.07) is 1.64. The molecule has 1 N–H and O–H groups in total. The number of ether oxygens (including phenoxy) is 2. The van der Waals surface area contributed by atoms with E-state index in [0.717, 1.165) is 12.8 Å². The molecule has 27 heavy (non-hydrogen) atoms. The summed E-state index contributed by atoms with van der Waals surface area (Å²) in [7, 11) is 0. The maximum Gasteiger partial charge on any atom is 0.422 e. The van der Waals surface area contributed by atoms with Crippen LogP contribution in [0.15, 0.2) is 10.6 Å². The highest BCUT2D eigenvalue weighted by molar-refractivity contribution is 5.63. The summed E-state index contributed by atoms with van der Waals surface area (Å²) in [6.07, 6.45) is -3.37. The molecule has 1 fully saturated rings. The Morgan fingerprint density at radius 1 is 1.30 bits per heavy atom. The average Bonchev–Trinajstić information content (AvgIpc) is 3.19. The van der Waals surface area contributed by atoms with E-state index in [1.54, 1.807) is 17.7 Å². The van der Waals surface area contributed by atoms with Crippen LogP contribution in [-0.4, -0.2) is 45.5 Å². The second kappa shape index (κ2) is 6.23. The van der Waals surface area contributed by atoms with Gasteiger partial charge in [-0.05, 0) is 6.92 Å². The molecule has 0 bridgehead atoms. The highest BCUT2D eigenvalue weighted by Gasteiger charge is 2.55. The van der Waals surface area contributed by atoms with Crippen molar-refractivity contribution in [1.82, 2.24) is 14.9 Å². The third-order valence-corrected chi connectivity index (χ3v) is 5.13. The monoisotopic (exact) mass is 387 g/mol. The zero-order valence-corrected chi connectivity index (χ0v) is 14.9. The van der Waals surface area contributed by atoms with Crippen LogP contribution in [0.2, 0.25) is 0 Å². The molecule has 0 spiro atoms. The molecule has 0 aliphatic carbocycles. The third-order valence-electron chi connectivity index (χ3n) is 5.13. The van der Waals surface area contributed by atoms with Gasteiger partial charge in [-0.3, -0.25) is 4.68 Å². The van der Waals surface area contributed by atoms with E-state index in [1.807, 2.05) is 0 Å². The van der Waals surface area contributed by atoms with Gasteiger partial charge in [-0.15, -0.1) is 5.10 Å². The number of hydrogen-bond donors (Lipinski definition) is 1. The molecule has 4 heterocycles. The predicted octanol–water partition coefficient (Wildman–Crippen LogP) is 2.98. The molecule has 2 aliphatic heterocycles. The molecule has 0 aromatic carbocycles. The summed E-state index contributed by atoms with van der Waals surface area (Å²) in [5.41, 5.74) is -2.86. The molecule has 4 rings (SSSR count). The zero-order chi connectivity index (χ0) is 19.4. The number of hydrogen-bond acceptors (Lipinski definition) is 6. The number of alkyl halides is 3. The van der Waals surface area contributed by atoms with Gasteiger partial charge < -0.3 is 19.1 Å². The third kappa shape index (κ3) is 3.00. The van der Waals surface area contributed by atoms with Crippen molar-refractivity contribution in [2.45, 2.75) is 57.0 Å². The second-order valence-electron chi connectivity index (χ2n) is 7.22. The van der Waals surface area contributed by atoms with Crippen LogP contribution >= 0.6 is 0 Å². The smallest absolute Gasteiger partial charge is 0.422 e. The van der Waals surface area contributed by atoms with E-state index in [9.17, 15) is 18.3 Å². The van der Waals surface area contributed by atoms with E-state index < -0.39 is 17.5 Å². The molecule has 1 saturated heterocycles. The summed E-state index contributed by atoms with van der Waals surface area (Å²) >= 11 is 0. The number of aliphatic hydroxyl groups is 1. The minimum atomic E-state index is -4.87. The van der Waals surface area contributed by atoms with E-state index in [1.165, 1.54) is 0 Å². The molecular weight excluding hydrogens is 367 g/mol. The summed E-state index contributed by atoms with van der Waals surface area (Å²) in [6.45, 7) is 4.01. The van der Waals surface area contributed by atoms with Crippen LogP contribution in [0.3, 0.4) is 0 Å². The van der Waals surface area contributed by atoms with E-state index >= 15 is 0 Å². The van der Waals surface area contributed by atoms with Crippen molar-refractivity contribution < 1.29 is 32.3 Å². The van der Waals surface area contributed by atoms with E-state index in [4.69, 9.17) is 14.0 Å². The quantitative estimate of drug-likeness (QED) is 0.872. The molecule has 0 unspecified atom stereocenters. The lowest BCUT2D eigenvalue weighted by Crippen LogP contribution is -2.40. The predicted molar refractivity (Wildman–Crippen MR) is 86.2 cm³/mol. The Morgan fingerprint density at radius 2 is 2.00 bits per heavy atom. The highest BCUT2D eigenvalue weighted by atomic mass is 19.4. The van der Waals surface area contributed by atoms with Gasteiger partial charge in [0, 0.05) is 36.9 Å². The Kier molecular flexibility index (Phi) is 4.22. The van der Waals surface area contributed by atoms with E-state index in [2.05, 4.69) is 10.3 Å². The SMILES string of the molecule is C[C@@H]1Cn2nc(OC3CCOCC3)cc2-c2onc([C@](C)(O)C(F)(F)F)c21. The Balaban J connectivity index is 1.69. The van der Waals surface area contributed by atoms with Crippen LogP contribution in [-0.2, 0) is 16.9 Å². The fourth-order valence-electron chi connectivity index (χ4n) is 3.51. The molecule has 2 aliphatic rings. The van der Waals surface area contributed by atoms with E-state index in [0.29, 0.717) is 38.3 Å². The van der Waals surface area contributed by atoms with Gasteiger partial charge in [-0.25, -0.2) is 0 Å².